The topological polar surface area (TPSA) is 67.2 Å². The largest absolute Gasteiger partial charge is 0.392 e. The van der Waals surface area contributed by atoms with Crippen molar-refractivity contribution in [2.45, 2.75) is 46.8 Å². The van der Waals surface area contributed by atoms with Crippen LogP contribution >= 0.6 is 0 Å². The lowest BCUT2D eigenvalue weighted by Gasteiger charge is -2.15. The monoisotopic (exact) mass is 315 g/mol. The van der Waals surface area contributed by atoms with Crippen molar-refractivity contribution in [3.63, 3.8) is 0 Å². The van der Waals surface area contributed by atoms with Gasteiger partial charge in [-0.15, -0.1) is 0 Å². The highest BCUT2D eigenvalue weighted by Gasteiger charge is 2.15. The molecule has 1 aromatic heterocycles. The zero-order valence-electron chi connectivity index (χ0n) is 14.2. The molecule has 0 aliphatic heterocycles. The molecular formula is C18H25N3O2. The molecule has 5 heteroatoms. The summed E-state index contributed by atoms with van der Waals surface area (Å²) in [7, 11) is 0. The molecule has 1 aromatic carbocycles. The van der Waals surface area contributed by atoms with E-state index in [1.807, 2.05) is 62.7 Å². The molecule has 0 bridgehead atoms. The number of aromatic nitrogens is 2. The van der Waals surface area contributed by atoms with Crippen LogP contribution in [0.1, 0.15) is 37.2 Å². The van der Waals surface area contributed by atoms with Crippen molar-refractivity contribution in [1.82, 2.24) is 15.1 Å². The second-order valence-electron chi connectivity index (χ2n) is 6.26. The van der Waals surface area contributed by atoms with Gasteiger partial charge in [-0.2, -0.15) is 5.10 Å². The first kappa shape index (κ1) is 17.2. The summed E-state index contributed by atoms with van der Waals surface area (Å²) in [4.78, 5) is 12.0. The Hall–Kier alpha value is -2.14. The highest BCUT2D eigenvalue weighted by atomic mass is 16.3. The number of rotatable bonds is 6. The van der Waals surface area contributed by atoms with E-state index >= 15 is 0 Å². The van der Waals surface area contributed by atoms with Gasteiger partial charge in [0.2, 0.25) is 5.91 Å². The molecular weight excluding hydrogens is 290 g/mol. The van der Waals surface area contributed by atoms with E-state index in [9.17, 15) is 9.90 Å². The van der Waals surface area contributed by atoms with Gasteiger partial charge in [0.25, 0.3) is 0 Å². The molecule has 0 saturated carbocycles. The van der Waals surface area contributed by atoms with E-state index in [4.69, 9.17) is 0 Å². The van der Waals surface area contributed by atoms with Crippen LogP contribution in [0.2, 0.25) is 0 Å². The highest BCUT2D eigenvalue weighted by molar-refractivity contribution is 5.76. The first-order chi connectivity index (χ1) is 10.9. The molecule has 5 nitrogen and oxygen atoms in total. The number of nitrogens with zero attached hydrogens (tertiary/aromatic N) is 2. The summed E-state index contributed by atoms with van der Waals surface area (Å²) < 4.78 is 1.89. The second kappa shape index (κ2) is 7.42. The zero-order valence-corrected chi connectivity index (χ0v) is 14.2. The van der Waals surface area contributed by atoms with Crippen molar-refractivity contribution in [3.8, 4) is 5.69 Å². The van der Waals surface area contributed by atoms with Gasteiger partial charge in [-0.1, -0.05) is 32.0 Å². The minimum absolute atomic E-state index is 0.0720. The normalized spacial score (nSPS) is 12.4. The SMILES string of the molecule is Cc1cc(C)n(-c2ccccc2CNC(=O)CC(O)C(C)C)n1. The van der Waals surface area contributed by atoms with Crippen LogP contribution in [0.3, 0.4) is 0 Å². The number of hydrogen-bond acceptors (Lipinski definition) is 3. The minimum atomic E-state index is -0.610. The van der Waals surface area contributed by atoms with E-state index in [2.05, 4.69) is 10.4 Å². The number of benzene rings is 1. The van der Waals surface area contributed by atoms with Crippen LogP contribution in [0.15, 0.2) is 30.3 Å². The smallest absolute Gasteiger partial charge is 0.222 e. The average Bonchev–Trinajstić information content (AvgIpc) is 2.83. The number of carbonyl (C=O) groups is 1. The van der Waals surface area contributed by atoms with Gasteiger partial charge >= 0.3 is 0 Å². The van der Waals surface area contributed by atoms with Crippen LogP contribution in [0.5, 0.6) is 0 Å². The molecule has 1 unspecified atom stereocenters. The molecule has 0 aliphatic carbocycles. The molecule has 2 aromatic rings. The number of hydrogen-bond donors (Lipinski definition) is 2. The van der Waals surface area contributed by atoms with Crippen molar-refractivity contribution in [3.05, 3.63) is 47.3 Å². The van der Waals surface area contributed by atoms with Crippen molar-refractivity contribution in [2.75, 3.05) is 0 Å². The van der Waals surface area contributed by atoms with Gasteiger partial charge in [-0.05, 0) is 37.5 Å². The summed E-state index contributed by atoms with van der Waals surface area (Å²) in [5.74, 6) is -0.0721. The molecule has 0 fully saturated rings. The Labute approximate surface area is 137 Å². The summed E-state index contributed by atoms with van der Waals surface area (Å²) in [6.07, 6.45) is -0.485. The lowest BCUT2D eigenvalue weighted by Crippen LogP contribution is -2.29. The maximum absolute atomic E-state index is 12.0. The number of amides is 1. The van der Waals surface area contributed by atoms with Crippen LogP contribution in [-0.4, -0.2) is 26.9 Å². The summed E-state index contributed by atoms with van der Waals surface area (Å²) in [5, 5.41) is 17.2. The summed E-state index contributed by atoms with van der Waals surface area (Å²) in [6.45, 7) is 8.18. The maximum atomic E-state index is 12.0. The van der Waals surface area contributed by atoms with Gasteiger partial charge in [0.05, 0.1) is 23.9 Å². The van der Waals surface area contributed by atoms with Gasteiger partial charge < -0.3 is 10.4 Å². The molecule has 124 valence electrons. The Morgan fingerprint density at radius 3 is 2.61 bits per heavy atom. The third-order valence-electron chi connectivity index (χ3n) is 3.87. The minimum Gasteiger partial charge on any atom is -0.392 e. The quantitative estimate of drug-likeness (QED) is 0.861. The molecule has 2 rings (SSSR count). The fourth-order valence-corrected chi connectivity index (χ4v) is 2.43. The molecule has 0 radical (unpaired) electrons. The van der Waals surface area contributed by atoms with Crippen molar-refractivity contribution in [1.29, 1.82) is 0 Å². The molecule has 1 atom stereocenters. The molecule has 23 heavy (non-hydrogen) atoms. The Morgan fingerprint density at radius 2 is 2.00 bits per heavy atom. The fraction of sp³-hybridized carbons (Fsp3) is 0.444. The molecule has 0 spiro atoms. The number of nitrogens with one attached hydrogen (secondary N) is 1. The summed E-state index contributed by atoms with van der Waals surface area (Å²) in [5.41, 5.74) is 3.96. The van der Waals surface area contributed by atoms with Crippen molar-refractivity contribution < 1.29 is 9.90 Å². The average molecular weight is 315 g/mol. The number of aliphatic hydroxyl groups is 1. The van der Waals surface area contributed by atoms with E-state index < -0.39 is 6.10 Å². The van der Waals surface area contributed by atoms with E-state index in [-0.39, 0.29) is 18.2 Å². The first-order valence-electron chi connectivity index (χ1n) is 7.94. The predicted molar refractivity (Wildman–Crippen MR) is 90.3 cm³/mol. The van der Waals surface area contributed by atoms with Crippen LogP contribution in [0.4, 0.5) is 0 Å². The number of aliphatic hydroxyl groups excluding tert-OH is 1. The second-order valence-corrected chi connectivity index (χ2v) is 6.26. The molecule has 1 amide bonds. The van der Waals surface area contributed by atoms with E-state index in [1.54, 1.807) is 0 Å². The Bertz CT molecular complexity index is 677. The fourth-order valence-electron chi connectivity index (χ4n) is 2.43. The van der Waals surface area contributed by atoms with Gasteiger partial charge in [-0.3, -0.25) is 4.79 Å². The standard InChI is InChI=1S/C18H25N3O2/c1-12(2)17(22)10-18(23)19-11-15-7-5-6-8-16(15)21-14(4)9-13(3)20-21/h5-9,12,17,22H,10-11H2,1-4H3,(H,19,23). The van der Waals surface area contributed by atoms with Crippen LogP contribution in [-0.2, 0) is 11.3 Å². The van der Waals surface area contributed by atoms with Crippen molar-refractivity contribution >= 4 is 5.91 Å². The summed E-state index contributed by atoms with van der Waals surface area (Å²) >= 11 is 0. The lowest BCUT2D eigenvalue weighted by molar-refractivity contribution is -0.123. The van der Waals surface area contributed by atoms with Gasteiger partial charge in [0.15, 0.2) is 0 Å². The Kier molecular flexibility index (Phi) is 5.55. The van der Waals surface area contributed by atoms with Crippen molar-refractivity contribution in [2.24, 2.45) is 5.92 Å². The number of aryl methyl sites for hydroxylation is 2. The van der Waals surface area contributed by atoms with E-state index in [0.29, 0.717) is 6.54 Å². The van der Waals surface area contributed by atoms with Crippen LogP contribution in [0.25, 0.3) is 5.69 Å². The van der Waals surface area contributed by atoms with E-state index in [1.165, 1.54) is 0 Å². The lowest BCUT2D eigenvalue weighted by atomic mass is 10.0. The molecule has 0 aliphatic rings. The number of para-hydroxylation sites is 1. The molecule has 1 heterocycles. The molecule has 0 saturated heterocycles. The Balaban J connectivity index is 2.10. The first-order valence-corrected chi connectivity index (χ1v) is 7.94. The molecule has 2 N–H and O–H groups in total. The zero-order chi connectivity index (χ0) is 17.0. The third kappa shape index (κ3) is 4.42. The maximum Gasteiger partial charge on any atom is 0.222 e. The van der Waals surface area contributed by atoms with Gasteiger partial charge in [0.1, 0.15) is 0 Å². The summed E-state index contributed by atoms with van der Waals surface area (Å²) in [6, 6.07) is 9.89. The van der Waals surface area contributed by atoms with Crippen LogP contribution < -0.4 is 5.32 Å². The van der Waals surface area contributed by atoms with Gasteiger partial charge in [0, 0.05) is 12.2 Å². The third-order valence-corrected chi connectivity index (χ3v) is 3.87. The van der Waals surface area contributed by atoms with Gasteiger partial charge in [-0.25, -0.2) is 4.68 Å². The number of carbonyl (C=O) groups excluding carboxylic acids is 1. The van der Waals surface area contributed by atoms with E-state index in [0.717, 1.165) is 22.6 Å². The highest BCUT2D eigenvalue weighted by Crippen LogP contribution is 2.17. The Morgan fingerprint density at radius 1 is 1.30 bits per heavy atom. The predicted octanol–water partition coefficient (Wildman–Crippen LogP) is 2.51. The van der Waals surface area contributed by atoms with Crippen LogP contribution in [0, 0.1) is 19.8 Å².